The molecule has 62 valence electrons. The van der Waals surface area contributed by atoms with Gasteiger partial charge in [-0.15, -0.1) is 0 Å². The molecule has 0 atom stereocenters. The number of hydrogen-bond acceptors (Lipinski definition) is 3. The van der Waals surface area contributed by atoms with Gasteiger partial charge in [0.2, 0.25) is 0 Å². The molecule has 0 saturated carbocycles. The smallest absolute Gasteiger partial charge is 1.00 e. The predicted molar refractivity (Wildman–Crippen MR) is 40.7 cm³/mol. The van der Waals surface area contributed by atoms with Crippen LogP contribution in [-0.4, -0.2) is 19.1 Å². The van der Waals surface area contributed by atoms with Crippen LogP contribution in [-0.2, 0) is 9.53 Å². The van der Waals surface area contributed by atoms with Crippen molar-refractivity contribution in [1.29, 1.82) is 0 Å². The van der Waals surface area contributed by atoms with Gasteiger partial charge in [-0.25, -0.2) is 0 Å². The van der Waals surface area contributed by atoms with Gasteiger partial charge in [-0.05, 0) is 6.42 Å². The summed E-state index contributed by atoms with van der Waals surface area (Å²) in [5.74, 6) is -0.309. The number of nitrogens with two attached hydrogens (primary N) is 1. The van der Waals surface area contributed by atoms with Gasteiger partial charge in [-0.2, -0.15) is 0 Å². The molecular formula is C7H16NNaO2. The molecule has 3 nitrogen and oxygen atoms in total. The molecule has 0 bridgehead atoms. The molecule has 4 heteroatoms. The van der Waals surface area contributed by atoms with Crippen LogP contribution in [0.25, 0.3) is 0 Å². The fourth-order valence-corrected chi connectivity index (χ4v) is 0.597. The van der Waals surface area contributed by atoms with E-state index in [0.29, 0.717) is 6.61 Å². The molecule has 11 heavy (non-hydrogen) atoms. The Hall–Kier alpha value is 0.430. The molecule has 2 N–H and O–H groups in total. The number of rotatable bonds is 5. The van der Waals surface area contributed by atoms with Crippen molar-refractivity contribution < 1.29 is 40.5 Å². The van der Waals surface area contributed by atoms with E-state index in [1.807, 2.05) is 0 Å². The van der Waals surface area contributed by atoms with E-state index in [2.05, 4.69) is 6.92 Å². The van der Waals surface area contributed by atoms with Gasteiger partial charge in [0.25, 0.3) is 0 Å². The van der Waals surface area contributed by atoms with Crippen molar-refractivity contribution in [2.24, 2.45) is 5.73 Å². The molecule has 0 aromatic carbocycles. The fraction of sp³-hybridized carbons (Fsp3) is 0.857. The zero-order valence-corrected chi connectivity index (χ0v) is 9.43. The van der Waals surface area contributed by atoms with Crippen LogP contribution in [0, 0.1) is 0 Å². The Bertz CT molecular complexity index is 103. The van der Waals surface area contributed by atoms with E-state index in [4.69, 9.17) is 10.5 Å². The average Bonchev–Trinajstić information content (AvgIpc) is 1.98. The fourth-order valence-electron chi connectivity index (χ4n) is 0.597. The Labute approximate surface area is 91.4 Å². The van der Waals surface area contributed by atoms with Gasteiger partial charge in [-0.3, -0.25) is 4.79 Å². The van der Waals surface area contributed by atoms with E-state index < -0.39 is 0 Å². The number of ether oxygens (including phenoxy) is 1. The average molecular weight is 169 g/mol. The number of unbranched alkanes of at least 4 members (excludes halogenated alkanes) is 2. The summed E-state index contributed by atoms with van der Waals surface area (Å²) in [5.41, 5.74) is 5.01. The maximum atomic E-state index is 10.4. The second kappa shape index (κ2) is 10.4. The van der Waals surface area contributed by atoms with Crippen LogP contribution in [0.5, 0.6) is 0 Å². The third-order valence-corrected chi connectivity index (χ3v) is 1.18. The number of hydrogen-bond donors (Lipinski definition) is 1. The molecule has 0 heterocycles. The molecular weight excluding hydrogens is 153 g/mol. The van der Waals surface area contributed by atoms with Crippen molar-refractivity contribution in [2.75, 3.05) is 13.2 Å². The van der Waals surface area contributed by atoms with Crippen molar-refractivity contribution in [3.05, 3.63) is 0 Å². The summed E-state index contributed by atoms with van der Waals surface area (Å²) in [4.78, 5) is 10.4. The second-order valence-electron chi connectivity index (χ2n) is 2.13. The normalized spacial score (nSPS) is 8.55. The first-order valence-electron chi connectivity index (χ1n) is 3.67. The maximum Gasteiger partial charge on any atom is 1.00 e. The van der Waals surface area contributed by atoms with Gasteiger partial charge < -0.3 is 11.9 Å². The predicted octanol–water partition coefficient (Wildman–Crippen LogP) is -2.20. The summed E-state index contributed by atoms with van der Waals surface area (Å²) in [7, 11) is 0. The minimum Gasteiger partial charge on any atom is -1.00 e. The zero-order chi connectivity index (χ0) is 7.82. The molecule has 0 aromatic rings. The van der Waals surface area contributed by atoms with Crippen molar-refractivity contribution in [3.8, 4) is 0 Å². The second-order valence-corrected chi connectivity index (χ2v) is 2.13. The van der Waals surface area contributed by atoms with Crippen LogP contribution in [0.4, 0.5) is 0 Å². The van der Waals surface area contributed by atoms with Gasteiger partial charge in [0, 0.05) is 0 Å². The van der Waals surface area contributed by atoms with E-state index in [0.717, 1.165) is 19.3 Å². The van der Waals surface area contributed by atoms with E-state index in [1.165, 1.54) is 0 Å². The van der Waals surface area contributed by atoms with Crippen LogP contribution in [0.15, 0.2) is 0 Å². The van der Waals surface area contributed by atoms with E-state index in [9.17, 15) is 4.79 Å². The van der Waals surface area contributed by atoms with Crippen LogP contribution in [0.1, 0.15) is 27.6 Å². The van der Waals surface area contributed by atoms with Crippen LogP contribution >= 0.6 is 0 Å². The molecule has 0 unspecified atom stereocenters. The van der Waals surface area contributed by atoms with Crippen LogP contribution in [0.3, 0.4) is 0 Å². The van der Waals surface area contributed by atoms with E-state index in [1.54, 1.807) is 0 Å². The quantitative estimate of drug-likeness (QED) is 0.288. The number of esters is 1. The molecule has 0 aliphatic carbocycles. The Balaban J connectivity index is -0.000000405. The topological polar surface area (TPSA) is 52.3 Å². The molecule has 0 rings (SSSR count). The molecule has 0 spiro atoms. The molecule has 0 aliphatic rings. The van der Waals surface area contributed by atoms with Crippen molar-refractivity contribution in [3.63, 3.8) is 0 Å². The molecule has 0 aromatic heterocycles. The third-order valence-electron chi connectivity index (χ3n) is 1.18. The SMILES string of the molecule is CCCCCOC(=O)CN.[H-].[Na+]. The summed E-state index contributed by atoms with van der Waals surface area (Å²) < 4.78 is 4.73. The summed E-state index contributed by atoms with van der Waals surface area (Å²) in [6.45, 7) is 2.61. The largest absolute Gasteiger partial charge is 1.00 e. The summed E-state index contributed by atoms with van der Waals surface area (Å²) in [5, 5.41) is 0. The van der Waals surface area contributed by atoms with Gasteiger partial charge in [0.15, 0.2) is 0 Å². The minimum atomic E-state index is -0.309. The van der Waals surface area contributed by atoms with Gasteiger partial charge in [0.1, 0.15) is 0 Å². The summed E-state index contributed by atoms with van der Waals surface area (Å²) in [6, 6.07) is 0. The number of carbonyl (C=O) groups is 1. The zero-order valence-electron chi connectivity index (χ0n) is 8.43. The van der Waals surface area contributed by atoms with E-state index >= 15 is 0 Å². The van der Waals surface area contributed by atoms with Crippen LogP contribution in [0.2, 0.25) is 0 Å². The van der Waals surface area contributed by atoms with Crippen molar-refractivity contribution >= 4 is 5.97 Å². The Kier molecular flexibility index (Phi) is 13.3. The Morgan fingerprint density at radius 2 is 2.18 bits per heavy atom. The maximum absolute atomic E-state index is 10.4. The first-order valence-corrected chi connectivity index (χ1v) is 3.67. The van der Waals surface area contributed by atoms with Gasteiger partial charge in [0.05, 0.1) is 13.2 Å². The minimum absolute atomic E-state index is 0. The summed E-state index contributed by atoms with van der Waals surface area (Å²) in [6.07, 6.45) is 3.19. The van der Waals surface area contributed by atoms with Gasteiger partial charge >= 0.3 is 35.5 Å². The van der Waals surface area contributed by atoms with Crippen molar-refractivity contribution in [2.45, 2.75) is 26.2 Å². The number of carbonyl (C=O) groups excluding carboxylic acids is 1. The first-order chi connectivity index (χ1) is 4.81. The molecule has 0 fully saturated rings. The first kappa shape index (κ1) is 14.0. The molecule has 0 saturated heterocycles. The molecule has 0 amide bonds. The Morgan fingerprint density at radius 3 is 2.64 bits per heavy atom. The van der Waals surface area contributed by atoms with Crippen LogP contribution < -0.4 is 35.3 Å². The van der Waals surface area contributed by atoms with Gasteiger partial charge in [-0.1, -0.05) is 19.8 Å². The van der Waals surface area contributed by atoms with E-state index in [-0.39, 0.29) is 43.5 Å². The monoisotopic (exact) mass is 169 g/mol. The van der Waals surface area contributed by atoms with Crippen molar-refractivity contribution in [1.82, 2.24) is 0 Å². The molecule has 0 radical (unpaired) electrons. The standard InChI is InChI=1S/C7H15NO2.Na.H/c1-2-3-4-5-10-7(9)6-8;;/h2-6,8H2,1H3;;/q;+1;-1. The summed E-state index contributed by atoms with van der Waals surface area (Å²) >= 11 is 0. The molecule has 0 aliphatic heterocycles. The Morgan fingerprint density at radius 1 is 1.55 bits per heavy atom. The third kappa shape index (κ3) is 10.4.